The molecule has 0 aliphatic carbocycles. The van der Waals surface area contributed by atoms with Gasteiger partial charge in [-0.1, -0.05) is 45.4 Å². The van der Waals surface area contributed by atoms with Gasteiger partial charge in [-0.2, -0.15) is 0 Å². The third-order valence-corrected chi connectivity index (χ3v) is 4.07. The van der Waals surface area contributed by atoms with Crippen LogP contribution in [0.5, 0.6) is 0 Å². The maximum atomic E-state index is 3.68. The average molecular weight is 254 g/mol. The van der Waals surface area contributed by atoms with Crippen molar-refractivity contribution in [2.45, 2.75) is 90.1 Å². The highest BCUT2D eigenvalue weighted by atomic mass is 14.9. The molecule has 0 radical (unpaired) electrons. The molecule has 1 aliphatic rings. The second kappa shape index (κ2) is 10.8. The Bertz CT molecular complexity index is 176. The fraction of sp³-hybridized carbons (Fsp3) is 1.00. The molecule has 1 rings (SSSR count). The van der Waals surface area contributed by atoms with E-state index in [-0.39, 0.29) is 0 Å². The molecule has 1 fully saturated rings. The average Bonchev–Trinajstić information content (AvgIpc) is 2.39. The van der Waals surface area contributed by atoms with Crippen LogP contribution in [-0.2, 0) is 0 Å². The van der Waals surface area contributed by atoms with Crippen LogP contribution in [0.4, 0.5) is 0 Å². The van der Waals surface area contributed by atoms with Crippen molar-refractivity contribution in [1.82, 2.24) is 10.6 Å². The Hall–Kier alpha value is -0.0800. The standard InChI is InChI=1S/C16H34N2/c1-3-4-5-6-7-9-12-17-15(2)14-16-11-8-10-13-18-16/h15-18H,3-14H2,1-2H3. The van der Waals surface area contributed by atoms with Gasteiger partial charge in [0.05, 0.1) is 0 Å². The predicted molar refractivity (Wildman–Crippen MR) is 81.1 cm³/mol. The molecule has 0 aromatic heterocycles. The van der Waals surface area contributed by atoms with Gasteiger partial charge in [0, 0.05) is 12.1 Å². The summed E-state index contributed by atoms with van der Waals surface area (Å²) >= 11 is 0. The fourth-order valence-electron chi connectivity index (χ4n) is 2.89. The van der Waals surface area contributed by atoms with Gasteiger partial charge in [0.1, 0.15) is 0 Å². The Balaban J connectivity index is 1.88. The highest BCUT2D eigenvalue weighted by Crippen LogP contribution is 2.12. The molecule has 108 valence electrons. The van der Waals surface area contributed by atoms with Gasteiger partial charge in [-0.3, -0.25) is 0 Å². The number of hydrogen-bond donors (Lipinski definition) is 2. The van der Waals surface area contributed by atoms with Gasteiger partial charge in [-0.15, -0.1) is 0 Å². The largest absolute Gasteiger partial charge is 0.314 e. The lowest BCUT2D eigenvalue weighted by Gasteiger charge is -2.26. The predicted octanol–water partition coefficient (Wildman–Crippen LogP) is 3.86. The van der Waals surface area contributed by atoms with Crippen molar-refractivity contribution in [2.24, 2.45) is 0 Å². The first-order chi connectivity index (χ1) is 8.83. The van der Waals surface area contributed by atoms with Gasteiger partial charge in [0.15, 0.2) is 0 Å². The van der Waals surface area contributed by atoms with E-state index in [9.17, 15) is 0 Å². The molecule has 0 saturated carbocycles. The number of hydrogen-bond acceptors (Lipinski definition) is 2. The molecule has 0 aromatic rings. The molecule has 0 bridgehead atoms. The topological polar surface area (TPSA) is 24.1 Å². The lowest BCUT2D eigenvalue weighted by molar-refractivity contribution is 0.344. The molecular formula is C16H34N2. The summed E-state index contributed by atoms with van der Waals surface area (Å²) in [5.74, 6) is 0. The summed E-state index contributed by atoms with van der Waals surface area (Å²) in [5, 5.41) is 7.32. The summed E-state index contributed by atoms with van der Waals surface area (Å²) in [6.07, 6.45) is 13.8. The van der Waals surface area contributed by atoms with Crippen LogP contribution in [0.1, 0.15) is 78.1 Å². The van der Waals surface area contributed by atoms with E-state index >= 15 is 0 Å². The van der Waals surface area contributed by atoms with Gasteiger partial charge < -0.3 is 10.6 Å². The molecule has 2 unspecified atom stereocenters. The molecule has 1 heterocycles. The number of piperidine rings is 1. The summed E-state index contributed by atoms with van der Waals surface area (Å²) in [6.45, 7) is 7.06. The first kappa shape index (κ1) is 16.0. The lowest BCUT2D eigenvalue weighted by Crippen LogP contribution is -2.40. The van der Waals surface area contributed by atoms with Crippen molar-refractivity contribution in [2.75, 3.05) is 13.1 Å². The van der Waals surface area contributed by atoms with Gasteiger partial charge in [0.25, 0.3) is 0 Å². The SMILES string of the molecule is CCCCCCCCNC(C)CC1CCCCN1. The van der Waals surface area contributed by atoms with E-state index < -0.39 is 0 Å². The molecule has 2 nitrogen and oxygen atoms in total. The van der Waals surface area contributed by atoms with Crippen molar-refractivity contribution in [3.63, 3.8) is 0 Å². The Morgan fingerprint density at radius 3 is 2.61 bits per heavy atom. The van der Waals surface area contributed by atoms with E-state index in [1.54, 1.807) is 0 Å². The minimum absolute atomic E-state index is 0.677. The zero-order valence-electron chi connectivity index (χ0n) is 12.6. The second-order valence-corrected chi connectivity index (χ2v) is 6.01. The van der Waals surface area contributed by atoms with E-state index in [1.807, 2.05) is 0 Å². The minimum atomic E-state index is 0.677. The summed E-state index contributed by atoms with van der Waals surface area (Å²) in [5.41, 5.74) is 0. The molecule has 18 heavy (non-hydrogen) atoms. The molecule has 2 heteroatoms. The number of unbranched alkanes of at least 4 members (excludes halogenated alkanes) is 5. The van der Waals surface area contributed by atoms with Crippen LogP contribution in [0.3, 0.4) is 0 Å². The van der Waals surface area contributed by atoms with Gasteiger partial charge in [-0.25, -0.2) is 0 Å². The third kappa shape index (κ3) is 8.10. The van der Waals surface area contributed by atoms with Crippen LogP contribution < -0.4 is 10.6 Å². The molecule has 2 atom stereocenters. The van der Waals surface area contributed by atoms with Crippen LogP contribution >= 0.6 is 0 Å². The van der Waals surface area contributed by atoms with E-state index in [1.165, 1.54) is 77.3 Å². The maximum absolute atomic E-state index is 3.68. The highest BCUT2D eigenvalue weighted by Gasteiger charge is 2.14. The zero-order valence-corrected chi connectivity index (χ0v) is 12.6. The van der Waals surface area contributed by atoms with Crippen molar-refractivity contribution in [3.8, 4) is 0 Å². The smallest absolute Gasteiger partial charge is 0.00817 e. The zero-order chi connectivity index (χ0) is 13.1. The van der Waals surface area contributed by atoms with Crippen molar-refractivity contribution in [3.05, 3.63) is 0 Å². The quantitative estimate of drug-likeness (QED) is 0.579. The van der Waals surface area contributed by atoms with Gasteiger partial charge in [0.2, 0.25) is 0 Å². The van der Waals surface area contributed by atoms with Crippen LogP contribution in [0, 0.1) is 0 Å². The maximum Gasteiger partial charge on any atom is 0.00817 e. The monoisotopic (exact) mass is 254 g/mol. The first-order valence-electron chi connectivity index (χ1n) is 8.29. The third-order valence-electron chi connectivity index (χ3n) is 4.07. The van der Waals surface area contributed by atoms with E-state index in [0.29, 0.717) is 6.04 Å². The number of nitrogens with one attached hydrogen (secondary N) is 2. The Kier molecular flexibility index (Phi) is 9.59. The molecule has 0 amide bonds. The molecule has 0 spiro atoms. The highest BCUT2D eigenvalue weighted by molar-refractivity contribution is 4.76. The Morgan fingerprint density at radius 1 is 1.11 bits per heavy atom. The summed E-state index contributed by atoms with van der Waals surface area (Å²) in [6, 6.07) is 1.45. The summed E-state index contributed by atoms with van der Waals surface area (Å²) in [4.78, 5) is 0. The van der Waals surface area contributed by atoms with E-state index in [4.69, 9.17) is 0 Å². The van der Waals surface area contributed by atoms with Crippen LogP contribution in [0.25, 0.3) is 0 Å². The molecular weight excluding hydrogens is 220 g/mol. The molecule has 1 saturated heterocycles. The Morgan fingerprint density at radius 2 is 1.89 bits per heavy atom. The van der Waals surface area contributed by atoms with Crippen molar-refractivity contribution < 1.29 is 0 Å². The molecule has 2 N–H and O–H groups in total. The van der Waals surface area contributed by atoms with Crippen molar-refractivity contribution >= 4 is 0 Å². The summed E-state index contributed by atoms with van der Waals surface area (Å²) in [7, 11) is 0. The summed E-state index contributed by atoms with van der Waals surface area (Å²) < 4.78 is 0. The minimum Gasteiger partial charge on any atom is -0.314 e. The van der Waals surface area contributed by atoms with Crippen LogP contribution in [0.15, 0.2) is 0 Å². The molecule has 0 aromatic carbocycles. The van der Waals surface area contributed by atoms with Crippen molar-refractivity contribution in [1.29, 1.82) is 0 Å². The van der Waals surface area contributed by atoms with Crippen LogP contribution in [0.2, 0.25) is 0 Å². The molecule has 1 aliphatic heterocycles. The van der Waals surface area contributed by atoms with E-state index in [2.05, 4.69) is 24.5 Å². The number of rotatable bonds is 10. The van der Waals surface area contributed by atoms with Gasteiger partial charge >= 0.3 is 0 Å². The lowest BCUT2D eigenvalue weighted by atomic mass is 9.99. The van der Waals surface area contributed by atoms with Gasteiger partial charge in [-0.05, 0) is 45.7 Å². The van der Waals surface area contributed by atoms with E-state index in [0.717, 1.165) is 6.04 Å². The fourth-order valence-corrected chi connectivity index (χ4v) is 2.89. The normalized spacial score (nSPS) is 22.0. The first-order valence-corrected chi connectivity index (χ1v) is 8.29. The second-order valence-electron chi connectivity index (χ2n) is 6.01. The van der Waals surface area contributed by atoms with Crippen LogP contribution in [-0.4, -0.2) is 25.2 Å². The Labute approximate surface area is 114 Å².